The Morgan fingerprint density at radius 1 is 1.13 bits per heavy atom. The normalized spacial score (nSPS) is 18.0. The largest absolute Gasteiger partial charge is 0.493 e. The highest BCUT2D eigenvalue weighted by molar-refractivity contribution is 14.1. The number of benzene rings is 2. The molecule has 0 fully saturated rings. The van der Waals surface area contributed by atoms with Gasteiger partial charge in [0.05, 0.1) is 31.0 Å². The van der Waals surface area contributed by atoms with Crippen LogP contribution in [0.1, 0.15) is 60.3 Å². The zero-order valence-electron chi connectivity index (χ0n) is 18.2. The molecule has 0 aromatic heterocycles. The van der Waals surface area contributed by atoms with Crippen molar-refractivity contribution >= 4 is 34.3 Å². The number of carbonyl (C=O) groups excluding carboxylic acids is 1. The molecule has 0 bridgehead atoms. The van der Waals surface area contributed by atoms with Gasteiger partial charge in [0.15, 0.2) is 11.5 Å². The number of esters is 1. The molecule has 0 saturated carbocycles. The van der Waals surface area contributed by atoms with E-state index >= 15 is 0 Å². The summed E-state index contributed by atoms with van der Waals surface area (Å²) >= 11 is 2.18. The van der Waals surface area contributed by atoms with Gasteiger partial charge in [-0.3, -0.25) is 4.99 Å². The van der Waals surface area contributed by atoms with E-state index in [1.54, 1.807) is 7.11 Å². The molecular formula is C24H26INO4. The van der Waals surface area contributed by atoms with Crippen molar-refractivity contribution in [2.75, 3.05) is 14.2 Å². The van der Waals surface area contributed by atoms with Crippen LogP contribution in [0.5, 0.6) is 11.5 Å². The van der Waals surface area contributed by atoms with Crippen LogP contribution in [0.2, 0.25) is 0 Å². The quantitative estimate of drug-likeness (QED) is 0.425. The fourth-order valence-corrected chi connectivity index (χ4v) is 5.10. The molecule has 2 aliphatic rings. The van der Waals surface area contributed by atoms with E-state index in [4.69, 9.17) is 19.2 Å². The van der Waals surface area contributed by atoms with E-state index in [1.165, 1.54) is 12.7 Å². The third-order valence-corrected chi connectivity index (χ3v) is 6.44. The molecule has 6 heteroatoms. The molecule has 2 aliphatic heterocycles. The minimum absolute atomic E-state index is 0.247. The summed E-state index contributed by atoms with van der Waals surface area (Å²) in [5.41, 5.74) is 5.44. The van der Waals surface area contributed by atoms with Gasteiger partial charge in [-0.05, 0) is 80.5 Å². The summed E-state index contributed by atoms with van der Waals surface area (Å²) in [5.74, 6) is 1.26. The highest BCUT2D eigenvalue weighted by atomic mass is 127. The van der Waals surface area contributed by atoms with Crippen molar-refractivity contribution in [3.63, 3.8) is 0 Å². The molecule has 0 aliphatic carbocycles. The summed E-state index contributed by atoms with van der Waals surface area (Å²) in [6.45, 7) is 8.47. The number of fused-ring (bicyclic) bond motifs is 3. The van der Waals surface area contributed by atoms with E-state index < -0.39 is 0 Å². The van der Waals surface area contributed by atoms with E-state index in [0.717, 1.165) is 50.3 Å². The van der Waals surface area contributed by atoms with Crippen molar-refractivity contribution in [1.82, 2.24) is 0 Å². The molecule has 0 saturated heterocycles. The molecule has 158 valence electrons. The predicted octanol–water partition coefficient (Wildman–Crippen LogP) is 4.97. The van der Waals surface area contributed by atoms with E-state index in [0.29, 0.717) is 5.56 Å². The smallest absolute Gasteiger partial charge is 0.338 e. The number of ether oxygens (including phenoxy) is 3. The van der Waals surface area contributed by atoms with Gasteiger partial charge in [0, 0.05) is 26.7 Å². The summed E-state index contributed by atoms with van der Waals surface area (Å²) < 4.78 is 17.7. The first-order chi connectivity index (χ1) is 14.0. The van der Waals surface area contributed by atoms with Crippen molar-refractivity contribution in [1.29, 1.82) is 0 Å². The fraction of sp³-hybridized carbons (Fsp3) is 0.417. The molecule has 4 rings (SSSR count). The van der Waals surface area contributed by atoms with Gasteiger partial charge in [-0.25, -0.2) is 4.79 Å². The summed E-state index contributed by atoms with van der Waals surface area (Å²) in [6.07, 6.45) is 1.62. The van der Waals surface area contributed by atoms with Gasteiger partial charge < -0.3 is 14.2 Å². The third kappa shape index (κ3) is 3.59. The highest BCUT2D eigenvalue weighted by Crippen LogP contribution is 2.47. The predicted molar refractivity (Wildman–Crippen MR) is 125 cm³/mol. The second-order valence-electron chi connectivity index (χ2n) is 9.09. The molecular weight excluding hydrogens is 493 g/mol. The van der Waals surface area contributed by atoms with Crippen LogP contribution >= 0.6 is 22.6 Å². The van der Waals surface area contributed by atoms with Crippen molar-refractivity contribution in [3.8, 4) is 11.5 Å². The minimum Gasteiger partial charge on any atom is -0.493 e. The van der Waals surface area contributed by atoms with Crippen LogP contribution in [-0.2, 0) is 17.6 Å². The van der Waals surface area contributed by atoms with E-state index in [9.17, 15) is 4.79 Å². The van der Waals surface area contributed by atoms with Gasteiger partial charge >= 0.3 is 5.97 Å². The number of halogens is 1. The first kappa shape index (κ1) is 21.2. The Kier molecular flexibility index (Phi) is 5.11. The van der Waals surface area contributed by atoms with Crippen LogP contribution in [-0.4, -0.2) is 37.0 Å². The Hall–Kier alpha value is -2.09. The Balaban J connectivity index is 1.93. The summed E-state index contributed by atoms with van der Waals surface area (Å²) in [5, 5.41) is 0. The number of methoxy groups -OCH3 is 2. The molecule has 0 amide bonds. The Morgan fingerprint density at radius 2 is 1.87 bits per heavy atom. The Morgan fingerprint density at radius 3 is 2.50 bits per heavy atom. The molecule has 0 atom stereocenters. The van der Waals surface area contributed by atoms with Crippen LogP contribution in [0.4, 0.5) is 0 Å². The van der Waals surface area contributed by atoms with E-state index in [2.05, 4.69) is 56.4 Å². The van der Waals surface area contributed by atoms with Crippen LogP contribution in [0.15, 0.2) is 29.3 Å². The molecule has 2 aromatic rings. The van der Waals surface area contributed by atoms with Crippen molar-refractivity contribution in [3.05, 3.63) is 55.7 Å². The fourth-order valence-electron chi connectivity index (χ4n) is 4.37. The lowest BCUT2D eigenvalue weighted by atomic mass is 9.81. The number of nitrogens with zero attached hydrogens (tertiary/aromatic N) is 1. The number of aliphatic imine (C=N–C) groups is 1. The Labute approximate surface area is 191 Å². The maximum Gasteiger partial charge on any atom is 0.338 e. The lowest BCUT2D eigenvalue weighted by Crippen LogP contribution is -2.30. The zero-order valence-corrected chi connectivity index (χ0v) is 20.3. The van der Waals surface area contributed by atoms with Crippen molar-refractivity contribution in [2.45, 2.75) is 51.7 Å². The first-order valence-electron chi connectivity index (χ1n) is 9.95. The van der Waals surface area contributed by atoms with Gasteiger partial charge in [0.2, 0.25) is 0 Å². The van der Waals surface area contributed by atoms with E-state index in [-0.39, 0.29) is 17.1 Å². The standard InChI is InChI=1S/C24H26INO4/c1-23(2)11-14-10-18(28-5)21-16(12-24(3,4)30-21)19(14)20(26-23)13-7-8-15(17(25)9-13)22(27)29-6/h7-10H,11-12H2,1-6H3. The van der Waals surface area contributed by atoms with Crippen LogP contribution in [0.25, 0.3) is 0 Å². The average Bonchev–Trinajstić information content (AvgIpc) is 2.99. The van der Waals surface area contributed by atoms with Gasteiger partial charge in [0.1, 0.15) is 5.60 Å². The molecule has 0 spiro atoms. The zero-order chi connectivity index (χ0) is 21.8. The van der Waals surface area contributed by atoms with Crippen LogP contribution in [0.3, 0.4) is 0 Å². The van der Waals surface area contributed by atoms with Gasteiger partial charge in [-0.1, -0.05) is 6.07 Å². The SMILES string of the molecule is COC(=O)c1ccc(C2=NC(C)(C)Cc3cc(OC)c4c(c32)CC(C)(C)O4)cc1I. The van der Waals surface area contributed by atoms with Crippen LogP contribution < -0.4 is 9.47 Å². The van der Waals surface area contributed by atoms with Crippen LogP contribution in [0, 0.1) is 3.57 Å². The molecule has 0 N–H and O–H groups in total. The maximum absolute atomic E-state index is 12.0. The van der Waals surface area contributed by atoms with E-state index in [1.807, 2.05) is 18.2 Å². The first-order valence-corrected chi connectivity index (χ1v) is 11.0. The Bertz CT molecular complexity index is 1090. The van der Waals surface area contributed by atoms with Crippen molar-refractivity contribution in [2.24, 2.45) is 4.99 Å². The van der Waals surface area contributed by atoms with Gasteiger partial charge in [0.25, 0.3) is 0 Å². The third-order valence-electron chi connectivity index (χ3n) is 5.55. The molecule has 0 unspecified atom stereocenters. The lowest BCUT2D eigenvalue weighted by Gasteiger charge is -2.31. The minimum atomic E-state index is -0.335. The average molecular weight is 519 g/mol. The summed E-state index contributed by atoms with van der Waals surface area (Å²) in [6, 6.07) is 7.88. The molecule has 5 nitrogen and oxygen atoms in total. The van der Waals surface area contributed by atoms with Crippen molar-refractivity contribution < 1.29 is 19.0 Å². The second kappa shape index (κ2) is 7.25. The number of carbonyl (C=O) groups is 1. The topological polar surface area (TPSA) is 57.1 Å². The lowest BCUT2D eigenvalue weighted by molar-refractivity contribution is 0.0599. The molecule has 0 radical (unpaired) electrons. The number of hydrogen-bond acceptors (Lipinski definition) is 5. The monoisotopic (exact) mass is 519 g/mol. The number of rotatable bonds is 3. The maximum atomic E-state index is 12.0. The highest BCUT2D eigenvalue weighted by Gasteiger charge is 2.39. The van der Waals surface area contributed by atoms with Gasteiger partial charge in [-0.15, -0.1) is 0 Å². The molecule has 2 aromatic carbocycles. The summed E-state index contributed by atoms with van der Waals surface area (Å²) in [4.78, 5) is 17.2. The molecule has 2 heterocycles. The summed E-state index contributed by atoms with van der Waals surface area (Å²) in [7, 11) is 3.09. The molecule has 30 heavy (non-hydrogen) atoms. The second-order valence-corrected chi connectivity index (χ2v) is 10.3. The van der Waals surface area contributed by atoms with Gasteiger partial charge in [-0.2, -0.15) is 0 Å². The number of hydrogen-bond donors (Lipinski definition) is 0.